The number of Topliss-reactive ketones (excluding diaryl/α,β-unsaturated/α-hetero) is 1. The fourth-order valence-corrected chi connectivity index (χ4v) is 4.68. The van der Waals surface area contributed by atoms with Crippen LogP contribution >= 0.6 is 0 Å². The van der Waals surface area contributed by atoms with Crippen LogP contribution in [0.5, 0.6) is 5.75 Å². The van der Waals surface area contributed by atoms with Gasteiger partial charge in [-0.05, 0) is 31.7 Å². The summed E-state index contributed by atoms with van der Waals surface area (Å²) in [6.07, 6.45) is 1.34. The lowest BCUT2D eigenvalue weighted by atomic mass is 9.69. The highest BCUT2D eigenvalue weighted by molar-refractivity contribution is 6.12. The fourth-order valence-electron chi connectivity index (χ4n) is 4.68. The van der Waals surface area contributed by atoms with E-state index in [0.717, 1.165) is 6.42 Å². The fraction of sp³-hybridized carbons (Fsp3) is 0.500. The van der Waals surface area contributed by atoms with E-state index >= 15 is 0 Å². The van der Waals surface area contributed by atoms with Crippen molar-refractivity contribution in [3.8, 4) is 5.75 Å². The number of carbonyl (C=O) groups excluding carboxylic acids is 3. The number of dihydropyridines is 1. The van der Waals surface area contributed by atoms with Gasteiger partial charge in [0.1, 0.15) is 18.3 Å². The summed E-state index contributed by atoms with van der Waals surface area (Å²) in [6.45, 7) is 6.60. The van der Waals surface area contributed by atoms with Crippen LogP contribution < -0.4 is 10.1 Å². The summed E-state index contributed by atoms with van der Waals surface area (Å²) >= 11 is 0. The predicted octanol–water partition coefficient (Wildman–Crippen LogP) is 3.28. The van der Waals surface area contributed by atoms with E-state index in [0.29, 0.717) is 46.9 Å². The molecule has 0 fully saturated rings. The first-order chi connectivity index (χ1) is 16.3. The summed E-state index contributed by atoms with van der Waals surface area (Å²) in [5.74, 6) is -2.88. The van der Waals surface area contributed by atoms with Crippen LogP contribution in [-0.4, -0.2) is 51.8 Å². The maximum atomic E-state index is 13.7. The Morgan fingerprint density at radius 2 is 1.85 bits per heavy atom. The Kier molecular flexibility index (Phi) is 8.50. The molecule has 8 heteroatoms. The largest absolute Gasteiger partial charge is 0.496 e. The zero-order valence-electron chi connectivity index (χ0n) is 20.4. The molecule has 0 amide bonds. The van der Waals surface area contributed by atoms with Gasteiger partial charge in [0, 0.05) is 29.1 Å². The van der Waals surface area contributed by atoms with Crippen LogP contribution in [0.4, 0.5) is 0 Å². The summed E-state index contributed by atoms with van der Waals surface area (Å²) < 4.78 is 21.5. The second-order valence-corrected chi connectivity index (χ2v) is 8.53. The van der Waals surface area contributed by atoms with Crippen LogP contribution in [0, 0.1) is 11.8 Å². The summed E-state index contributed by atoms with van der Waals surface area (Å²) in [5, 5.41) is 3.25. The highest BCUT2D eigenvalue weighted by Gasteiger charge is 2.47. The highest BCUT2D eigenvalue weighted by Crippen LogP contribution is 2.47. The number of carbonyl (C=O) groups is 3. The first kappa shape index (κ1) is 25.5. The van der Waals surface area contributed by atoms with Crippen molar-refractivity contribution in [2.75, 3.05) is 34.0 Å². The van der Waals surface area contributed by atoms with Crippen molar-refractivity contribution in [1.82, 2.24) is 5.32 Å². The Balaban J connectivity index is 2.06. The lowest BCUT2D eigenvalue weighted by Crippen LogP contribution is -2.43. The molecule has 0 radical (unpaired) electrons. The summed E-state index contributed by atoms with van der Waals surface area (Å²) in [5.41, 5.74) is 2.64. The molecular weight excluding hydrogens is 438 g/mol. The van der Waals surface area contributed by atoms with Crippen LogP contribution in [0.3, 0.4) is 0 Å². The molecule has 1 aromatic rings. The Bertz CT molecular complexity index is 1010. The monoisotopic (exact) mass is 471 g/mol. The number of hydrogen-bond acceptors (Lipinski definition) is 8. The normalized spacial score (nSPS) is 22.1. The van der Waals surface area contributed by atoms with Gasteiger partial charge in [0.05, 0.1) is 32.3 Å². The van der Waals surface area contributed by atoms with Gasteiger partial charge in [-0.1, -0.05) is 32.0 Å². The molecule has 0 bridgehead atoms. The third-order valence-electron chi connectivity index (χ3n) is 6.22. The zero-order chi connectivity index (χ0) is 24.8. The van der Waals surface area contributed by atoms with Gasteiger partial charge < -0.3 is 24.3 Å². The Labute approximate surface area is 200 Å². The molecule has 184 valence electrons. The third-order valence-corrected chi connectivity index (χ3v) is 6.22. The maximum absolute atomic E-state index is 13.7. The molecule has 3 atom stereocenters. The average Bonchev–Trinajstić information content (AvgIpc) is 2.82. The standard InChI is InChI=1S/C26H33NO7/c1-6-11-33-12-13-34-26(30)21-16(3)27-18-14-15(2)20(25(29)32-5)24(28)23(18)22(21)17-9-7-8-10-19(17)31-4/h7-10,15,20,22,27H,6,11-14H2,1-5H3/t15-,20-,22-/m1/s1. The van der Waals surface area contributed by atoms with Crippen LogP contribution in [0.1, 0.15) is 45.1 Å². The molecule has 1 N–H and O–H groups in total. The molecule has 0 saturated heterocycles. The number of esters is 2. The number of methoxy groups -OCH3 is 2. The SMILES string of the molecule is CCCOCCOC(=O)C1=C(C)NC2=C(C(=O)[C@H](C(=O)OC)[C@H](C)C2)[C@@H]1c1ccccc1OC. The van der Waals surface area contributed by atoms with E-state index in [1.165, 1.54) is 14.2 Å². The second-order valence-electron chi connectivity index (χ2n) is 8.53. The molecule has 1 aliphatic heterocycles. The number of ketones is 1. The molecule has 1 aliphatic carbocycles. The third kappa shape index (κ3) is 5.01. The van der Waals surface area contributed by atoms with Gasteiger partial charge in [-0.3, -0.25) is 9.59 Å². The number of hydrogen-bond donors (Lipinski definition) is 1. The Hall–Kier alpha value is -3.13. The van der Waals surface area contributed by atoms with E-state index in [4.69, 9.17) is 18.9 Å². The van der Waals surface area contributed by atoms with Crippen molar-refractivity contribution in [1.29, 1.82) is 0 Å². The van der Waals surface area contributed by atoms with E-state index in [-0.39, 0.29) is 24.9 Å². The number of rotatable bonds is 9. The predicted molar refractivity (Wildman–Crippen MR) is 125 cm³/mol. The van der Waals surface area contributed by atoms with Crippen molar-refractivity contribution in [3.05, 3.63) is 52.4 Å². The highest BCUT2D eigenvalue weighted by atomic mass is 16.6. The van der Waals surface area contributed by atoms with Crippen molar-refractivity contribution < 1.29 is 33.3 Å². The minimum Gasteiger partial charge on any atom is -0.496 e. The maximum Gasteiger partial charge on any atom is 0.336 e. The van der Waals surface area contributed by atoms with Gasteiger partial charge in [-0.2, -0.15) is 0 Å². The smallest absolute Gasteiger partial charge is 0.336 e. The van der Waals surface area contributed by atoms with Crippen LogP contribution in [-0.2, 0) is 28.6 Å². The molecule has 0 unspecified atom stereocenters. The van der Waals surface area contributed by atoms with Gasteiger partial charge in [0.15, 0.2) is 5.78 Å². The molecule has 1 aromatic carbocycles. The molecule has 34 heavy (non-hydrogen) atoms. The van der Waals surface area contributed by atoms with Crippen LogP contribution in [0.25, 0.3) is 0 Å². The molecule has 0 aromatic heterocycles. The van der Waals surface area contributed by atoms with E-state index in [1.54, 1.807) is 13.0 Å². The number of para-hydroxylation sites is 1. The number of ether oxygens (including phenoxy) is 4. The van der Waals surface area contributed by atoms with E-state index in [9.17, 15) is 14.4 Å². The van der Waals surface area contributed by atoms with Gasteiger partial charge in [-0.15, -0.1) is 0 Å². The number of nitrogens with one attached hydrogen (secondary N) is 1. The van der Waals surface area contributed by atoms with Crippen molar-refractivity contribution in [2.45, 2.75) is 39.5 Å². The van der Waals surface area contributed by atoms with Crippen molar-refractivity contribution >= 4 is 17.7 Å². The topological polar surface area (TPSA) is 100 Å². The van der Waals surface area contributed by atoms with Crippen LogP contribution in [0.2, 0.25) is 0 Å². The molecular formula is C26H33NO7. The molecule has 2 aliphatic rings. The van der Waals surface area contributed by atoms with Gasteiger partial charge in [0.2, 0.25) is 0 Å². The molecule has 0 saturated carbocycles. The van der Waals surface area contributed by atoms with Crippen LogP contribution in [0.15, 0.2) is 46.8 Å². The second kappa shape index (κ2) is 11.3. The Morgan fingerprint density at radius 1 is 1.12 bits per heavy atom. The molecule has 0 spiro atoms. The van der Waals surface area contributed by atoms with E-state index in [1.807, 2.05) is 32.0 Å². The minimum absolute atomic E-state index is 0.0932. The lowest BCUT2D eigenvalue weighted by molar-refractivity contribution is -0.151. The quantitative estimate of drug-likeness (QED) is 0.333. The lowest BCUT2D eigenvalue weighted by Gasteiger charge is -2.38. The minimum atomic E-state index is -0.944. The number of benzene rings is 1. The average molecular weight is 472 g/mol. The van der Waals surface area contributed by atoms with E-state index < -0.39 is 23.8 Å². The van der Waals surface area contributed by atoms with Gasteiger partial charge in [-0.25, -0.2) is 4.79 Å². The Morgan fingerprint density at radius 3 is 2.53 bits per heavy atom. The molecule has 8 nitrogen and oxygen atoms in total. The number of allylic oxidation sites excluding steroid dienone is 3. The van der Waals surface area contributed by atoms with Gasteiger partial charge >= 0.3 is 11.9 Å². The summed E-state index contributed by atoms with van der Waals surface area (Å²) in [4.78, 5) is 39.5. The summed E-state index contributed by atoms with van der Waals surface area (Å²) in [6, 6.07) is 7.25. The first-order valence-electron chi connectivity index (χ1n) is 11.6. The molecule has 1 heterocycles. The zero-order valence-corrected chi connectivity index (χ0v) is 20.4. The van der Waals surface area contributed by atoms with Crippen molar-refractivity contribution in [3.63, 3.8) is 0 Å². The first-order valence-corrected chi connectivity index (χ1v) is 11.6. The molecule has 3 rings (SSSR count). The summed E-state index contributed by atoms with van der Waals surface area (Å²) in [7, 11) is 2.81. The van der Waals surface area contributed by atoms with Gasteiger partial charge in [0.25, 0.3) is 0 Å². The van der Waals surface area contributed by atoms with E-state index in [2.05, 4.69) is 5.32 Å². The van der Waals surface area contributed by atoms with Crippen molar-refractivity contribution in [2.24, 2.45) is 11.8 Å².